The van der Waals surface area contributed by atoms with E-state index >= 15 is 0 Å². The van der Waals surface area contributed by atoms with Crippen LogP contribution in [0.1, 0.15) is 24.0 Å². The smallest absolute Gasteiger partial charge is 0.244 e. The lowest BCUT2D eigenvalue weighted by Gasteiger charge is -2.24. The number of H-pyrrole nitrogens is 1. The maximum atomic E-state index is 10.1. The summed E-state index contributed by atoms with van der Waals surface area (Å²) in [6.45, 7) is 1.93. The topological polar surface area (TPSA) is 147 Å². The molecular formula is C23H23ClN4O5. The van der Waals surface area contributed by atoms with Gasteiger partial charge in [0.25, 0.3) is 0 Å². The number of nitrogens with one attached hydrogen (secondary N) is 1. The first-order chi connectivity index (χ1) is 15.9. The number of aliphatic hydroxyl groups excluding tert-OH is 1. The lowest BCUT2D eigenvalue weighted by Crippen LogP contribution is -2.21. The van der Waals surface area contributed by atoms with Crippen molar-refractivity contribution in [1.82, 2.24) is 10.2 Å². The van der Waals surface area contributed by atoms with E-state index in [0.717, 1.165) is 5.56 Å². The van der Waals surface area contributed by atoms with Crippen molar-refractivity contribution in [3.05, 3.63) is 64.0 Å². The summed E-state index contributed by atoms with van der Waals surface area (Å²) in [4.78, 5) is 0. The van der Waals surface area contributed by atoms with Crippen LogP contribution in [0.4, 0.5) is 0 Å². The molecule has 10 heteroatoms. The molecule has 1 aromatic heterocycles. The predicted octanol–water partition coefficient (Wildman–Crippen LogP) is 3.67. The molecule has 1 aliphatic heterocycles. The highest BCUT2D eigenvalue weighted by Gasteiger charge is 2.36. The molecule has 9 nitrogen and oxygen atoms in total. The SMILES string of the molecule is CCO.COc1ccc(-c2[nH]nc3c2C(c2cc(Cl)c(O)c(OC)c2)C(C#N)=C(N)O3)cc1. The van der Waals surface area contributed by atoms with Crippen LogP contribution >= 0.6 is 11.6 Å². The maximum Gasteiger partial charge on any atom is 0.244 e. The number of benzene rings is 2. The number of aromatic nitrogens is 2. The molecule has 4 rings (SSSR count). The van der Waals surface area contributed by atoms with Crippen molar-refractivity contribution in [1.29, 1.82) is 5.26 Å². The van der Waals surface area contributed by atoms with E-state index in [1.807, 2.05) is 24.3 Å². The van der Waals surface area contributed by atoms with Gasteiger partial charge in [-0.1, -0.05) is 11.6 Å². The molecule has 0 radical (unpaired) electrons. The van der Waals surface area contributed by atoms with E-state index < -0.39 is 5.92 Å². The van der Waals surface area contributed by atoms with Gasteiger partial charge in [0.1, 0.15) is 17.4 Å². The first kappa shape index (κ1) is 23.8. The Kier molecular flexibility index (Phi) is 7.33. The second kappa shape index (κ2) is 10.2. The number of nitrogens with two attached hydrogens (primary N) is 1. The normalized spacial score (nSPS) is 14.4. The summed E-state index contributed by atoms with van der Waals surface area (Å²) in [7, 11) is 3.01. The molecule has 0 saturated heterocycles. The monoisotopic (exact) mass is 470 g/mol. The number of hydrogen-bond donors (Lipinski definition) is 4. The van der Waals surface area contributed by atoms with Crippen molar-refractivity contribution in [2.75, 3.05) is 20.8 Å². The summed E-state index contributed by atoms with van der Waals surface area (Å²) in [6, 6.07) is 12.7. The second-order valence-electron chi connectivity index (χ2n) is 6.84. The zero-order chi connectivity index (χ0) is 24.1. The van der Waals surface area contributed by atoms with Gasteiger partial charge in [0.05, 0.1) is 36.4 Å². The molecule has 33 heavy (non-hydrogen) atoms. The van der Waals surface area contributed by atoms with E-state index in [4.69, 9.17) is 36.7 Å². The molecule has 0 aliphatic carbocycles. The van der Waals surface area contributed by atoms with Crippen LogP contribution in [0.2, 0.25) is 5.02 Å². The average Bonchev–Trinajstić information content (AvgIpc) is 3.23. The Morgan fingerprint density at radius 1 is 1.24 bits per heavy atom. The van der Waals surface area contributed by atoms with Crippen LogP contribution in [-0.4, -0.2) is 41.2 Å². The number of nitrogens with zero attached hydrogens (tertiary/aromatic N) is 2. The zero-order valence-corrected chi connectivity index (χ0v) is 19.0. The summed E-state index contributed by atoms with van der Waals surface area (Å²) in [5.74, 6) is 0.263. The minimum Gasteiger partial charge on any atom is -0.503 e. The van der Waals surface area contributed by atoms with E-state index in [2.05, 4.69) is 16.3 Å². The molecule has 1 aliphatic rings. The van der Waals surface area contributed by atoms with Crippen LogP contribution in [0, 0.1) is 11.3 Å². The number of aromatic hydroxyl groups is 1. The van der Waals surface area contributed by atoms with E-state index in [9.17, 15) is 10.4 Å². The lowest BCUT2D eigenvalue weighted by molar-refractivity contribution is 0.318. The molecule has 5 N–H and O–H groups in total. The van der Waals surface area contributed by atoms with Crippen molar-refractivity contribution in [3.63, 3.8) is 0 Å². The van der Waals surface area contributed by atoms with Crippen LogP contribution in [-0.2, 0) is 0 Å². The number of phenolic OH excluding ortho intramolecular Hbond substituents is 1. The summed E-state index contributed by atoms with van der Waals surface area (Å²) in [6.07, 6.45) is 0. The third-order valence-electron chi connectivity index (χ3n) is 4.92. The van der Waals surface area contributed by atoms with E-state index in [0.29, 0.717) is 22.6 Å². The minimum atomic E-state index is -0.637. The van der Waals surface area contributed by atoms with Gasteiger partial charge in [-0.15, -0.1) is 5.10 Å². The van der Waals surface area contributed by atoms with Crippen molar-refractivity contribution in [3.8, 4) is 40.5 Å². The number of nitriles is 1. The van der Waals surface area contributed by atoms with Crippen molar-refractivity contribution in [2.45, 2.75) is 12.8 Å². The molecule has 0 spiro atoms. The Morgan fingerprint density at radius 2 is 1.91 bits per heavy atom. The first-order valence-corrected chi connectivity index (χ1v) is 10.2. The van der Waals surface area contributed by atoms with Gasteiger partial charge in [0, 0.05) is 12.2 Å². The zero-order valence-electron chi connectivity index (χ0n) is 18.2. The number of allylic oxidation sites excluding steroid dienone is 1. The Balaban J connectivity index is 0.000000968. The third kappa shape index (κ3) is 4.53. The van der Waals surface area contributed by atoms with E-state index in [1.54, 1.807) is 26.2 Å². The molecule has 0 fully saturated rings. The molecule has 2 heterocycles. The molecule has 3 aromatic rings. The quantitative estimate of drug-likeness (QED) is 0.451. The van der Waals surface area contributed by atoms with Crippen LogP contribution in [0.5, 0.6) is 23.1 Å². The highest BCUT2D eigenvalue weighted by Crippen LogP contribution is 2.48. The van der Waals surface area contributed by atoms with Gasteiger partial charge in [-0.2, -0.15) is 5.26 Å². The molecule has 0 amide bonds. The number of aromatic amines is 1. The number of phenols is 1. The number of fused-ring (bicyclic) bond motifs is 1. The number of ether oxygens (including phenoxy) is 3. The number of rotatable bonds is 4. The Bertz CT molecular complexity index is 1210. The van der Waals surface area contributed by atoms with Crippen LogP contribution in [0.3, 0.4) is 0 Å². The van der Waals surface area contributed by atoms with Crippen molar-refractivity contribution in [2.24, 2.45) is 5.73 Å². The molecule has 172 valence electrons. The Labute approximate surface area is 195 Å². The molecule has 1 unspecified atom stereocenters. The Hall–Kier alpha value is -3.87. The van der Waals surface area contributed by atoms with Crippen molar-refractivity contribution < 1.29 is 24.4 Å². The Morgan fingerprint density at radius 3 is 2.48 bits per heavy atom. The second-order valence-corrected chi connectivity index (χ2v) is 7.25. The fourth-order valence-electron chi connectivity index (χ4n) is 3.47. The highest BCUT2D eigenvalue weighted by molar-refractivity contribution is 6.32. The summed E-state index contributed by atoms with van der Waals surface area (Å²) < 4.78 is 16.0. The van der Waals surface area contributed by atoms with Gasteiger partial charge in [0.15, 0.2) is 11.5 Å². The van der Waals surface area contributed by atoms with Crippen LogP contribution < -0.4 is 19.9 Å². The molecular weight excluding hydrogens is 448 g/mol. The van der Waals surface area contributed by atoms with Gasteiger partial charge in [-0.25, -0.2) is 0 Å². The standard InChI is InChI=1S/C21H17ClN4O4.C2H6O/c1-28-12-5-3-10(4-6-12)18-17-16(11-7-14(22)19(27)15(8-11)29-2)13(9-23)20(24)30-21(17)26-25-18;1-2-3/h3-8,16,27H,24H2,1-2H3,(H,25,26);3H,2H2,1H3. The molecule has 0 bridgehead atoms. The van der Waals surface area contributed by atoms with E-state index in [1.165, 1.54) is 7.11 Å². The van der Waals surface area contributed by atoms with Crippen molar-refractivity contribution >= 4 is 11.6 Å². The summed E-state index contributed by atoms with van der Waals surface area (Å²) >= 11 is 6.21. The highest BCUT2D eigenvalue weighted by atomic mass is 35.5. The fourth-order valence-corrected chi connectivity index (χ4v) is 3.69. The minimum absolute atomic E-state index is 0.0501. The lowest BCUT2D eigenvalue weighted by atomic mass is 9.83. The van der Waals surface area contributed by atoms with Crippen LogP contribution in [0.15, 0.2) is 47.9 Å². The maximum absolute atomic E-state index is 10.1. The molecule has 1 atom stereocenters. The largest absolute Gasteiger partial charge is 0.503 e. The van der Waals surface area contributed by atoms with Gasteiger partial charge in [-0.3, -0.25) is 5.10 Å². The number of halogens is 1. The first-order valence-electron chi connectivity index (χ1n) is 9.87. The third-order valence-corrected chi connectivity index (χ3v) is 5.21. The number of aliphatic hydroxyl groups is 1. The van der Waals surface area contributed by atoms with Gasteiger partial charge in [0.2, 0.25) is 11.8 Å². The number of hydrogen-bond acceptors (Lipinski definition) is 8. The average molecular weight is 471 g/mol. The predicted molar refractivity (Wildman–Crippen MR) is 122 cm³/mol. The summed E-state index contributed by atoms with van der Waals surface area (Å²) in [5, 5.41) is 34.8. The number of methoxy groups -OCH3 is 2. The molecule has 2 aromatic carbocycles. The van der Waals surface area contributed by atoms with E-state index in [-0.39, 0.29) is 40.5 Å². The van der Waals surface area contributed by atoms with Gasteiger partial charge < -0.3 is 30.2 Å². The molecule has 0 saturated carbocycles. The summed E-state index contributed by atoms with van der Waals surface area (Å²) in [5.41, 5.74) is 8.88. The van der Waals surface area contributed by atoms with Gasteiger partial charge in [-0.05, 0) is 48.9 Å². The van der Waals surface area contributed by atoms with Crippen LogP contribution in [0.25, 0.3) is 11.3 Å². The fraction of sp³-hybridized carbons (Fsp3) is 0.217. The van der Waals surface area contributed by atoms with Gasteiger partial charge >= 0.3 is 0 Å².